The fourth-order valence-corrected chi connectivity index (χ4v) is 2.60. The van der Waals surface area contributed by atoms with Crippen LogP contribution in [0.25, 0.3) is 0 Å². The highest BCUT2D eigenvalue weighted by atomic mass is 35.5. The average molecular weight is 265 g/mol. The molecule has 84 valence electrons. The molecule has 0 amide bonds. The Hall–Kier alpha value is 0.0400. The van der Waals surface area contributed by atoms with Crippen LogP contribution in [0.3, 0.4) is 0 Å². The van der Waals surface area contributed by atoms with Crippen LogP contribution in [0.4, 0.5) is 0 Å². The first kappa shape index (κ1) is 13.1. The monoisotopic (exact) mass is 264 g/mol. The lowest BCUT2D eigenvalue weighted by molar-refractivity contribution is 0.725. The van der Waals surface area contributed by atoms with Crippen molar-refractivity contribution in [2.45, 2.75) is 25.1 Å². The highest BCUT2D eigenvalue weighted by molar-refractivity contribution is 7.98. The van der Waals surface area contributed by atoms with Gasteiger partial charge in [-0.25, -0.2) is 4.98 Å². The zero-order valence-electron chi connectivity index (χ0n) is 8.54. The Bertz CT molecular complexity index is 320. The van der Waals surface area contributed by atoms with Crippen molar-refractivity contribution in [3.8, 4) is 0 Å². The van der Waals surface area contributed by atoms with Crippen LogP contribution in [-0.2, 0) is 5.75 Å². The second-order valence-electron chi connectivity index (χ2n) is 3.28. The molecule has 0 aliphatic carbocycles. The van der Waals surface area contributed by atoms with Gasteiger partial charge in [-0.2, -0.15) is 11.8 Å². The highest BCUT2D eigenvalue weighted by Crippen LogP contribution is 2.23. The van der Waals surface area contributed by atoms with Crippen molar-refractivity contribution >= 4 is 35.0 Å². The Morgan fingerprint density at radius 2 is 2.27 bits per heavy atom. The third kappa shape index (κ3) is 4.60. The first-order valence-electron chi connectivity index (χ1n) is 4.76. The van der Waals surface area contributed by atoms with Crippen LogP contribution >= 0.6 is 35.0 Å². The number of thioether (sulfide) groups is 1. The van der Waals surface area contributed by atoms with Gasteiger partial charge in [0, 0.05) is 28.8 Å². The normalized spacial score (nSPS) is 12.8. The number of halogens is 2. The summed E-state index contributed by atoms with van der Waals surface area (Å²) in [6.07, 6.45) is 2.72. The van der Waals surface area contributed by atoms with Crippen molar-refractivity contribution in [3.63, 3.8) is 0 Å². The second kappa shape index (κ2) is 6.59. The third-order valence-corrected chi connectivity index (χ3v) is 3.75. The van der Waals surface area contributed by atoms with Gasteiger partial charge in [-0.15, -0.1) is 0 Å². The molecule has 0 fully saturated rings. The molecule has 15 heavy (non-hydrogen) atoms. The van der Waals surface area contributed by atoms with Gasteiger partial charge in [0.05, 0.1) is 0 Å². The van der Waals surface area contributed by atoms with Crippen LogP contribution in [0.1, 0.15) is 18.9 Å². The summed E-state index contributed by atoms with van der Waals surface area (Å²) in [6, 6.07) is 1.92. The average Bonchev–Trinajstić information content (AvgIpc) is 2.21. The zero-order chi connectivity index (χ0) is 11.3. The van der Waals surface area contributed by atoms with Gasteiger partial charge >= 0.3 is 0 Å². The molecular formula is C10H14Cl2N2S. The van der Waals surface area contributed by atoms with Gasteiger partial charge in [-0.3, -0.25) is 0 Å². The maximum Gasteiger partial charge on any atom is 0.130 e. The van der Waals surface area contributed by atoms with Crippen LogP contribution in [-0.4, -0.2) is 16.8 Å². The van der Waals surface area contributed by atoms with E-state index in [4.69, 9.17) is 28.9 Å². The lowest BCUT2D eigenvalue weighted by Crippen LogP contribution is -2.21. The Morgan fingerprint density at radius 1 is 1.53 bits per heavy atom. The fraction of sp³-hybridized carbons (Fsp3) is 0.500. The standard InChI is InChI=1S/C10H14Cl2N2S/c1-2-8(13)6-15-5-7-4-14-10(12)3-9(7)11/h3-4,8H,2,5-6,13H2,1H3. The van der Waals surface area contributed by atoms with E-state index in [9.17, 15) is 0 Å². The summed E-state index contributed by atoms with van der Waals surface area (Å²) in [5, 5.41) is 1.10. The van der Waals surface area contributed by atoms with Gasteiger partial charge in [0.2, 0.25) is 0 Å². The predicted octanol–water partition coefficient (Wildman–Crippen LogP) is 3.36. The quantitative estimate of drug-likeness (QED) is 0.830. The minimum absolute atomic E-state index is 0.258. The molecule has 0 bridgehead atoms. The van der Waals surface area contributed by atoms with E-state index in [1.807, 2.05) is 0 Å². The first-order chi connectivity index (χ1) is 7.13. The van der Waals surface area contributed by atoms with Gasteiger partial charge < -0.3 is 5.73 Å². The molecule has 0 saturated heterocycles. The summed E-state index contributed by atoms with van der Waals surface area (Å²) in [5.74, 6) is 1.77. The number of pyridine rings is 1. The molecule has 0 aliphatic rings. The summed E-state index contributed by atoms with van der Waals surface area (Å²) in [5.41, 5.74) is 6.82. The Morgan fingerprint density at radius 3 is 2.87 bits per heavy atom. The van der Waals surface area contributed by atoms with E-state index in [0.29, 0.717) is 10.2 Å². The topological polar surface area (TPSA) is 38.9 Å². The molecule has 0 spiro atoms. The van der Waals surface area contributed by atoms with E-state index in [2.05, 4.69) is 11.9 Å². The summed E-state index contributed by atoms with van der Waals surface area (Å²) in [6.45, 7) is 2.09. The third-order valence-electron chi connectivity index (χ3n) is 2.01. The predicted molar refractivity (Wildman–Crippen MR) is 68.7 cm³/mol. The largest absolute Gasteiger partial charge is 0.327 e. The molecule has 1 aromatic heterocycles. The van der Waals surface area contributed by atoms with Gasteiger partial charge in [0.1, 0.15) is 5.15 Å². The maximum absolute atomic E-state index is 6.01. The fourth-order valence-electron chi connectivity index (χ4n) is 0.980. The second-order valence-corrected chi connectivity index (χ2v) is 5.11. The summed E-state index contributed by atoms with van der Waals surface area (Å²) in [4.78, 5) is 3.99. The lowest BCUT2D eigenvalue weighted by Gasteiger charge is -2.08. The van der Waals surface area contributed by atoms with Crippen molar-refractivity contribution in [1.29, 1.82) is 0 Å². The Kier molecular flexibility index (Phi) is 5.75. The minimum atomic E-state index is 0.258. The van der Waals surface area contributed by atoms with E-state index in [0.717, 1.165) is 23.5 Å². The van der Waals surface area contributed by atoms with Crippen LogP contribution < -0.4 is 5.73 Å². The van der Waals surface area contributed by atoms with Crippen LogP contribution in [0.2, 0.25) is 10.2 Å². The van der Waals surface area contributed by atoms with Crippen molar-refractivity contribution in [2.75, 3.05) is 5.75 Å². The summed E-state index contributed by atoms with van der Waals surface area (Å²) >= 11 is 13.5. The Balaban J connectivity index is 2.44. The maximum atomic E-state index is 6.01. The molecular weight excluding hydrogens is 251 g/mol. The molecule has 1 aromatic rings. The van der Waals surface area contributed by atoms with Crippen molar-refractivity contribution in [1.82, 2.24) is 4.98 Å². The molecule has 2 N–H and O–H groups in total. The highest BCUT2D eigenvalue weighted by Gasteiger charge is 2.04. The number of nitrogens with zero attached hydrogens (tertiary/aromatic N) is 1. The van der Waals surface area contributed by atoms with Gasteiger partial charge in [-0.05, 0) is 18.1 Å². The molecule has 0 aliphatic heterocycles. The number of hydrogen-bond donors (Lipinski definition) is 1. The number of hydrogen-bond acceptors (Lipinski definition) is 3. The van der Waals surface area contributed by atoms with Gasteiger partial charge in [0.25, 0.3) is 0 Å². The van der Waals surface area contributed by atoms with E-state index >= 15 is 0 Å². The molecule has 0 saturated carbocycles. The van der Waals surface area contributed by atoms with Crippen molar-refractivity contribution < 1.29 is 0 Å². The van der Waals surface area contributed by atoms with Gasteiger partial charge in [0.15, 0.2) is 0 Å². The number of nitrogens with two attached hydrogens (primary N) is 1. The minimum Gasteiger partial charge on any atom is -0.327 e. The molecule has 5 heteroatoms. The zero-order valence-corrected chi connectivity index (χ0v) is 10.9. The number of aromatic nitrogens is 1. The lowest BCUT2D eigenvalue weighted by atomic mass is 10.3. The molecule has 1 atom stereocenters. The Labute approximate surface area is 105 Å². The molecule has 0 aromatic carbocycles. The van der Waals surface area contributed by atoms with Crippen LogP contribution in [0.5, 0.6) is 0 Å². The van der Waals surface area contributed by atoms with E-state index in [1.165, 1.54) is 0 Å². The molecule has 1 unspecified atom stereocenters. The SMILES string of the molecule is CCC(N)CSCc1cnc(Cl)cc1Cl. The van der Waals surface area contributed by atoms with E-state index in [1.54, 1.807) is 24.0 Å². The molecule has 2 nitrogen and oxygen atoms in total. The summed E-state index contributed by atoms with van der Waals surface area (Å²) < 4.78 is 0. The van der Waals surface area contributed by atoms with E-state index in [-0.39, 0.29) is 6.04 Å². The summed E-state index contributed by atoms with van der Waals surface area (Å²) in [7, 11) is 0. The molecule has 1 rings (SSSR count). The van der Waals surface area contributed by atoms with Crippen molar-refractivity contribution in [2.24, 2.45) is 5.73 Å². The number of rotatable bonds is 5. The van der Waals surface area contributed by atoms with Gasteiger partial charge in [-0.1, -0.05) is 30.1 Å². The first-order valence-corrected chi connectivity index (χ1v) is 6.67. The molecule has 0 radical (unpaired) electrons. The van der Waals surface area contributed by atoms with Crippen LogP contribution in [0.15, 0.2) is 12.3 Å². The van der Waals surface area contributed by atoms with Crippen molar-refractivity contribution in [3.05, 3.63) is 28.0 Å². The molecule has 1 heterocycles. The van der Waals surface area contributed by atoms with E-state index < -0.39 is 0 Å². The van der Waals surface area contributed by atoms with Crippen LogP contribution in [0, 0.1) is 0 Å². The smallest absolute Gasteiger partial charge is 0.130 e.